The van der Waals surface area contributed by atoms with Crippen molar-refractivity contribution in [2.45, 2.75) is 0 Å². The molecule has 0 aliphatic carbocycles. The number of rotatable bonds is 2. The highest BCUT2D eigenvalue weighted by Gasteiger charge is 2.17. The van der Waals surface area contributed by atoms with Crippen molar-refractivity contribution in [1.82, 2.24) is 4.98 Å². The van der Waals surface area contributed by atoms with E-state index >= 15 is 0 Å². The first-order chi connectivity index (χ1) is 8.54. The summed E-state index contributed by atoms with van der Waals surface area (Å²) in [5, 5.41) is 0.928. The Hall–Kier alpha value is -1.03. The summed E-state index contributed by atoms with van der Waals surface area (Å²) < 4.78 is 18.4. The van der Waals surface area contributed by atoms with E-state index in [-0.39, 0.29) is 5.02 Å². The molecule has 0 N–H and O–H groups in total. The SMILES string of the molecule is COc1cnc(F)cc1-c1c(Cl)ccc(Cl)c1Cl. The van der Waals surface area contributed by atoms with Gasteiger partial charge in [0, 0.05) is 17.2 Å². The highest BCUT2D eigenvalue weighted by Crippen LogP contribution is 2.42. The lowest BCUT2D eigenvalue weighted by Crippen LogP contribution is -1.93. The normalized spacial score (nSPS) is 10.5. The number of halogens is 4. The zero-order chi connectivity index (χ0) is 13.3. The molecule has 0 aliphatic heterocycles. The first kappa shape index (κ1) is 13.4. The third-order valence-corrected chi connectivity index (χ3v) is 3.49. The number of ether oxygens (including phenoxy) is 1. The van der Waals surface area contributed by atoms with Crippen LogP contribution in [-0.4, -0.2) is 12.1 Å². The number of pyridine rings is 1. The fourth-order valence-corrected chi connectivity index (χ4v) is 2.28. The van der Waals surface area contributed by atoms with E-state index < -0.39 is 5.95 Å². The van der Waals surface area contributed by atoms with E-state index in [1.165, 1.54) is 19.4 Å². The van der Waals surface area contributed by atoms with Crippen molar-refractivity contribution in [3.8, 4) is 16.9 Å². The molecule has 0 spiro atoms. The van der Waals surface area contributed by atoms with E-state index in [0.29, 0.717) is 26.9 Å². The highest BCUT2D eigenvalue weighted by atomic mass is 35.5. The first-order valence-corrected chi connectivity index (χ1v) is 6.01. The predicted molar refractivity (Wildman–Crippen MR) is 71.2 cm³/mol. The second-order valence-electron chi connectivity index (χ2n) is 3.43. The number of hydrogen-bond acceptors (Lipinski definition) is 2. The maximum absolute atomic E-state index is 13.2. The minimum atomic E-state index is -0.655. The minimum Gasteiger partial charge on any atom is -0.494 e. The fourth-order valence-electron chi connectivity index (χ4n) is 1.55. The van der Waals surface area contributed by atoms with Crippen molar-refractivity contribution < 1.29 is 9.13 Å². The van der Waals surface area contributed by atoms with Gasteiger partial charge in [-0.1, -0.05) is 34.8 Å². The second-order valence-corrected chi connectivity index (χ2v) is 4.62. The van der Waals surface area contributed by atoms with Crippen molar-refractivity contribution in [2.24, 2.45) is 0 Å². The van der Waals surface area contributed by atoms with Crippen LogP contribution in [0.3, 0.4) is 0 Å². The number of methoxy groups -OCH3 is 1. The summed E-state index contributed by atoms with van der Waals surface area (Å²) in [5.74, 6) is -0.291. The Bertz CT molecular complexity index is 604. The standard InChI is InChI=1S/C12H7Cl3FNO/c1-18-9-5-17-10(16)4-6(9)11-7(13)2-3-8(14)12(11)15/h2-5H,1H3. The van der Waals surface area contributed by atoms with Gasteiger partial charge in [0.15, 0.2) is 0 Å². The molecule has 0 unspecified atom stereocenters. The summed E-state index contributed by atoms with van der Waals surface area (Å²) in [5.41, 5.74) is 0.825. The van der Waals surface area contributed by atoms with Crippen LogP contribution in [0.25, 0.3) is 11.1 Å². The van der Waals surface area contributed by atoms with E-state index in [4.69, 9.17) is 39.5 Å². The molecule has 0 aliphatic rings. The van der Waals surface area contributed by atoms with Crippen molar-refractivity contribution >= 4 is 34.8 Å². The van der Waals surface area contributed by atoms with Crippen LogP contribution in [0, 0.1) is 5.95 Å². The van der Waals surface area contributed by atoms with E-state index in [1.54, 1.807) is 12.1 Å². The number of hydrogen-bond donors (Lipinski definition) is 0. The molecule has 0 saturated heterocycles. The monoisotopic (exact) mass is 305 g/mol. The molecule has 18 heavy (non-hydrogen) atoms. The van der Waals surface area contributed by atoms with Gasteiger partial charge in [-0.3, -0.25) is 0 Å². The lowest BCUT2D eigenvalue weighted by Gasteiger charge is -2.12. The van der Waals surface area contributed by atoms with Crippen LogP contribution in [0.2, 0.25) is 15.1 Å². The van der Waals surface area contributed by atoms with Gasteiger partial charge < -0.3 is 4.74 Å². The molecule has 1 aromatic carbocycles. The average molecular weight is 307 g/mol. The number of aromatic nitrogens is 1. The van der Waals surface area contributed by atoms with Crippen molar-refractivity contribution in [2.75, 3.05) is 7.11 Å². The lowest BCUT2D eigenvalue weighted by molar-refractivity contribution is 0.412. The summed E-state index contributed by atoms with van der Waals surface area (Å²) in [6.45, 7) is 0. The molecule has 0 saturated carbocycles. The third kappa shape index (κ3) is 2.39. The molecule has 2 nitrogen and oxygen atoms in total. The van der Waals surface area contributed by atoms with Gasteiger partial charge in [0.1, 0.15) is 5.75 Å². The van der Waals surface area contributed by atoms with Crippen molar-refractivity contribution in [1.29, 1.82) is 0 Å². The molecule has 6 heteroatoms. The molecular formula is C12H7Cl3FNO. The molecule has 2 rings (SSSR count). The quantitative estimate of drug-likeness (QED) is 0.584. The van der Waals surface area contributed by atoms with Crippen LogP contribution in [0.1, 0.15) is 0 Å². The molecule has 0 fully saturated rings. The summed E-state index contributed by atoms with van der Waals surface area (Å²) in [6.07, 6.45) is 1.26. The van der Waals surface area contributed by atoms with E-state index in [1.807, 2.05) is 0 Å². The topological polar surface area (TPSA) is 22.1 Å². The summed E-state index contributed by atoms with van der Waals surface area (Å²) in [7, 11) is 1.45. The number of benzene rings is 1. The molecule has 1 aromatic heterocycles. The molecule has 1 heterocycles. The van der Waals surface area contributed by atoms with Crippen molar-refractivity contribution in [3.63, 3.8) is 0 Å². The summed E-state index contributed by atoms with van der Waals surface area (Å²) in [6, 6.07) is 4.35. The molecule has 2 aromatic rings. The fraction of sp³-hybridized carbons (Fsp3) is 0.0833. The first-order valence-electron chi connectivity index (χ1n) is 4.88. The Morgan fingerprint density at radius 3 is 2.50 bits per heavy atom. The zero-order valence-corrected chi connectivity index (χ0v) is 11.4. The van der Waals surface area contributed by atoms with Gasteiger partial charge in [-0.2, -0.15) is 4.39 Å². The highest BCUT2D eigenvalue weighted by molar-refractivity contribution is 6.46. The number of nitrogens with zero attached hydrogens (tertiary/aromatic N) is 1. The van der Waals surface area contributed by atoms with Crippen LogP contribution in [0.15, 0.2) is 24.4 Å². The van der Waals surface area contributed by atoms with Gasteiger partial charge in [0.2, 0.25) is 5.95 Å². The maximum atomic E-state index is 13.2. The van der Waals surface area contributed by atoms with E-state index in [9.17, 15) is 4.39 Å². The molecule has 0 amide bonds. The van der Waals surface area contributed by atoms with Crippen molar-refractivity contribution in [3.05, 3.63) is 45.4 Å². The van der Waals surface area contributed by atoms with Gasteiger partial charge in [0.25, 0.3) is 0 Å². The Kier molecular flexibility index (Phi) is 3.95. The van der Waals surface area contributed by atoms with E-state index in [0.717, 1.165) is 0 Å². The van der Waals surface area contributed by atoms with Gasteiger partial charge in [-0.15, -0.1) is 0 Å². The van der Waals surface area contributed by atoms with Crippen LogP contribution < -0.4 is 4.74 Å². The second kappa shape index (κ2) is 5.31. The van der Waals surface area contributed by atoms with Crippen LogP contribution >= 0.6 is 34.8 Å². The van der Waals surface area contributed by atoms with Gasteiger partial charge in [0.05, 0.1) is 28.4 Å². The summed E-state index contributed by atoms with van der Waals surface area (Å²) in [4.78, 5) is 3.51. The molecule has 0 atom stereocenters. The maximum Gasteiger partial charge on any atom is 0.213 e. The Balaban J connectivity index is 2.76. The van der Waals surface area contributed by atoms with Crippen LogP contribution in [-0.2, 0) is 0 Å². The molecule has 94 valence electrons. The average Bonchev–Trinajstić information content (AvgIpc) is 2.35. The lowest BCUT2D eigenvalue weighted by atomic mass is 10.1. The minimum absolute atomic E-state index is 0.244. The Labute approximate surface area is 118 Å². The largest absolute Gasteiger partial charge is 0.494 e. The predicted octanol–water partition coefficient (Wildman–Crippen LogP) is 4.86. The van der Waals surface area contributed by atoms with E-state index in [2.05, 4.69) is 4.98 Å². The van der Waals surface area contributed by atoms with Gasteiger partial charge in [-0.25, -0.2) is 4.98 Å². The van der Waals surface area contributed by atoms with Crippen LogP contribution in [0.4, 0.5) is 4.39 Å². The Morgan fingerprint density at radius 2 is 1.83 bits per heavy atom. The smallest absolute Gasteiger partial charge is 0.213 e. The van der Waals surface area contributed by atoms with Crippen LogP contribution in [0.5, 0.6) is 5.75 Å². The molecule has 0 bridgehead atoms. The zero-order valence-electron chi connectivity index (χ0n) is 9.18. The summed E-state index contributed by atoms with van der Waals surface area (Å²) >= 11 is 18.1. The Morgan fingerprint density at radius 1 is 1.17 bits per heavy atom. The van der Waals surface area contributed by atoms with Gasteiger partial charge in [-0.05, 0) is 12.1 Å². The molecule has 0 radical (unpaired) electrons. The third-order valence-electron chi connectivity index (χ3n) is 2.37. The van der Waals surface area contributed by atoms with Gasteiger partial charge >= 0.3 is 0 Å². The molecular weight excluding hydrogens is 299 g/mol.